The molecule has 0 atom stereocenters. The van der Waals surface area contributed by atoms with E-state index in [-0.39, 0.29) is 23.3 Å². The Labute approximate surface area is 152 Å². The maximum Gasteiger partial charge on any atom is 0.292 e. The predicted octanol–water partition coefficient (Wildman–Crippen LogP) is 3.98. The van der Waals surface area contributed by atoms with Crippen molar-refractivity contribution in [1.29, 1.82) is 0 Å². The first-order valence-electron chi connectivity index (χ1n) is 8.83. The molecule has 0 radical (unpaired) electrons. The molecule has 26 heavy (non-hydrogen) atoms. The number of nitro groups is 1. The number of benzene rings is 2. The lowest BCUT2D eigenvalue weighted by atomic mass is 9.81. The fraction of sp³-hybridized carbons (Fsp3) is 0.350. The maximum absolute atomic E-state index is 12.7. The summed E-state index contributed by atoms with van der Waals surface area (Å²) in [5.41, 5.74) is 7.12. The summed E-state index contributed by atoms with van der Waals surface area (Å²) < 4.78 is 0. The SMILES string of the molecule is CN(C(=O)c1ccc(N)c([N+](=O)[O-])c1)C1CCC(c2ccccc2)CC1. The number of amides is 1. The Bertz CT molecular complexity index is 799. The van der Waals surface area contributed by atoms with E-state index < -0.39 is 4.92 Å². The van der Waals surface area contributed by atoms with Gasteiger partial charge in [0, 0.05) is 24.7 Å². The number of hydrogen-bond donors (Lipinski definition) is 1. The summed E-state index contributed by atoms with van der Waals surface area (Å²) in [5, 5.41) is 11.0. The van der Waals surface area contributed by atoms with Crippen LogP contribution >= 0.6 is 0 Å². The number of nitrogen functional groups attached to an aromatic ring is 1. The third-order valence-corrected chi connectivity index (χ3v) is 5.31. The van der Waals surface area contributed by atoms with Crippen LogP contribution in [-0.2, 0) is 0 Å². The van der Waals surface area contributed by atoms with Crippen LogP contribution in [0.25, 0.3) is 0 Å². The van der Waals surface area contributed by atoms with E-state index >= 15 is 0 Å². The molecule has 0 unspecified atom stereocenters. The molecule has 6 heteroatoms. The van der Waals surface area contributed by atoms with E-state index in [1.165, 1.54) is 17.7 Å². The number of anilines is 1. The van der Waals surface area contributed by atoms with Crippen molar-refractivity contribution in [2.45, 2.75) is 37.6 Å². The van der Waals surface area contributed by atoms with Gasteiger partial charge in [0.15, 0.2) is 0 Å². The highest BCUT2D eigenvalue weighted by Gasteiger charge is 2.28. The molecule has 2 aromatic rings. The first-order chi connectivity index (χ1) is 12.5. The van der Waals surface area contributed by atoms with Gasteiger partial charge in [0.25, 0.3) is 11.6 Å². The van der Waals surface area contributed by atoms with Crippen molar-refractivity contribution in [3.63, 3.8) is 0 Å². The lowest BCUT2D eigenvalue weighted by molar-refractivity contribution is -0.383. The fourth-order valence-corrected chi connectivity index (χ4v) is 3.73. The van der Waals surface area contributed by atoms with E-state index in [1.807, 2.05) is 6.07 Å². The molecule has 1 aliphatic carbocycles. The highest BCUT2D eigenvalue weighted by atomic mass is 16.6. The van der Waals surface area contributed by atoms with Crippen molar-refractivity contribution in [2.75, 3.05) is 12.8 Å². The number of rotatable bonds is 4. The minimum Gasteiger partial charge on any atom is -0.393 e. The molecular weight excluding hydrogens is 330 g/mol. The van der Waals surface area contributed by atoms with Crippen LogP contribution in [0.4, 0.5) is 11.4 Å². The number of nitrogens with two attached hydrogens (primary N) is 1. The van der Waals surface area contributed by atoms with Crippen molar-refractivity contribution in [3.05, 3.63) is 69.8 Å². The quantitative estimate of drug-likeness (QED) is 0.511. The zero-order chi connectivity index (χ0) is 18.7. The molecule has 0 aliphatic heterocycles. The third-order valence-electron chi connectivity index (χ3n) is 5.31. The molecule has 0 aromatic heterocycles. The predicted molar refractivity (Wildman–Crippen MR) is 101 cm³/mol. The Balaban J connectivity index is 1.67. The molecule has 0 heterocycles. The fourth-order valence-electron chi connectivity index (χ4n) is 3.73. The molecule has 6 nitrogen and oxygen atoms in total. The number of nitro benzene ring substituents is 1. The number of hydrogen-bond acceptors (Lipinski definition) is 4. The molecule has 0 saturated heterocycles. The van der Waals surface area contributed by atoms with Gasteiger partial charge in [-0.25, -0.2) is 0 Å². The molecule has 0 bridgehead atoms. The minimum atomic E-state index is -0.558. The average molecular weight is 353 g/mol. The molecule has 136 valence electrons. The van der Waals surface area contributed by atoms with E-state index in [0.29, 0.717) is 11.5 Å². The van der Waals surface area contributed by atoms with Crippen molar-refractivity contribution < 1.29 is 9.72 Å². The van der Waals surface area contributed by atoms with Crippen LogP contribution in [0.1, 0.15) is 47.5 Å². The largest absolute Gasteiger partial charge is 0.393 e. The second kappa shape index (κ2) is 7.56. The Morgan fingerprint density at radius 1 is 1.12 bits per heavy atom. The van der Waals surface area contributed by atoms with Crippen LogP contribution in [0, 0.1) is 10.1 Å². The second-order valence-corrected chi connectivity index (χ2v) is 6.86. The molecule has 2 aromatic carbocycles. The summed E-state index contributed by atoms with van der Waals surface area (Å²) in [6, 6.07) is 14.9. The van der Waals surface area contributed by atoms with Crippen LogP contribution < -0.4 is 5.73 Å². The van der Waals surface area contributed by atoms with E-state index in [4.69, 9.17) is 5.73 Å². The number of carbonyl (C=O) groups is 1. The smallest absolute Gasteiger partial charge is 0.292 e. The Kier molecular flexibility index (Phi) is 5.21. The topological polar surface area (TPSA) is 89.5 Å². The van der Waals surface area contributed by atoms with Crippen molar-refractivity contribution in [3.8, 4) is 0 Å². The molecule has 1 fully saturated rings. The van der Waals surface area contributed by atoms with Gasteiger partial charge in [-0.2, -0.15) is 0 Å². The molecule has 3 rings (SSSR count). The van der Waals surface area contributed by atoms with Crippen LogP contribution in [0.3, 0.4) is 0 Å². The summed E-state index contributed by atoms with van der Waals surface area (Å²) in [7, 11) is 1.78. The summed E-state index contributed by atoms with van der Waals surface area (Å²) in [6.45, 7) is 0. The highest BCUT2D eigenvalue weighted by Crippen LogP contribution is 2.35. The molecule has 1 saturated carbocycles. The Morgan fingerprint density at radius 3 is 2.38 bits per heavy atom. The zero-order valence-electron chi connectivity index (χ0n) is 14.8. The van der Waals surface area contributed by atoms with Crippen LogP contribution in [0.5, 0.6) is 0 Å². The Morgan fingerprint density at radius 2 is 1.77 bits per heavy atom. The van der Waals surface area contributed by atoms with Gasteiger partial charge in [-0.1, -0.05) is 30.3 Å². The summed E-state index contributed by atoms with van der Waals surface area (Å²) in [5.74, 6) is 0.338. The van der Waals surface area contributed by atoms with Crippen molar-refractivity contribution >= 4 is 17.3 Å². The van der Waals surface area contributed by atoms with Crippen molar-refractivity contribution in [1.82, 2.24) is 4.90 Å². The summed E-state index contributed by atoms with van der Waals surface area (Å²) in [6.07, 6.45) is 3.93. The van der Waals surface area contributed by atoms with Gasteiger partial charge in [-0.15, -0.1) is 0 Å². The lowest BCUT2D eigenvalue weighted by Crippen LogP contribution is -2.39. The first kappa shape index (κ1) is 17.9. The standard InChI is InChI=1S/C20H23N3O3/c1-22(20(24)16-9-12-18(21)19(13-16)23(25)26)17-10-7-15(8-11-17)14-5-3-2-4-6-14/h2-6,9,12-13,15,17H,7-8,10-11,21H2,1H3. The molecular formula is C20H23N3O3. The van der Waals surface area contributed by atoms with Gasteiger partial charge < -0.3 is 10.6 Å². The van der Waals surface area contributed by atoms with Gasteiger partial charge in [0.1, 0.15) is 5.69 Å². The van der Waals surface area contributed by atoms with Gasteiger partial charge >= 0.3 is 0 Å². The van der Waals surface area contributed by atoms with Gasteiger partial charge in [-0.05, 0) is 49.3 Å². The van der Waals surface area contributed by atoms with E-state index in [2.05, 4.69) is 24.3 Å². The molecule has 0 spiro atoms. The van der Waals surface area contributed by atoms with Gasteiger partial charge in [0.05, 0.1) is 4.92 Å². The third kappa shape index (κ3) is 3.69. The minimum absolute atomic E-state index is 0.0672. The average Bonchev–Trinajstić information content (AvgIpc) is 2.68. The van der Waals surface area contributed by atoms with E-state index in [9.17, 15) is 14.9 Å². The van der Waals surface area contributed by atoms with Crippen LogP contribution in [-0.4, -0.2) is 28.8 Å². The molecule has 1 aliphatic rings. The van der Waals surface area contributed by atoms with Crippen LogP contribution in [0.15, 0.2) is 48.5 Å². The number of nitrogens with zero attached hydrogens (tertiary/aromatic N) is 2. The summed E-state index contributed by atoms with van der Waals surface area (Å²) >= 11 is 0. The van der Waals surface area contributed by atoms with Crippen LogP contribution in [0.2, 0.25) is 0 Å². The number of carbonyl (C=O) groups excluding carboxylic acids is 1. The normalized spacial score (nSPS) is 19.7. The van der Waals surface area contributed by atoms with E-state index in [0.717, 1.165) is 25.7 Å². The molecule has 1 amide bonds. The highest BCUT2D eigenvalue weighted by molar-refractivity contribution is 5.95. The Hall–Kier alpha value is -2.89. The zero-order valence-corrected chi connectivity index (χ0v) is 14.8. The lowest BCUT2D eigenvalue weighted by Gasteiger charge is -2.35. The van der Waals surface area contributed by atoms with Gasteiger partial charge in [-0.3, -0.25) is 14.9 Å². The second-order valence-electron chi connectivity index (χ2n) is 6.86. The monoisotopic (exact) mass is 353 g/mol. The van der Waals surface area contributed by atoms with Gasteiger partial charge in [0.2, 0.25) is 0 Å². The maximum atomic E-state index is 12.7. The summed E-state index contributed by atoms with van der Waals surface area (Å²) in [4.78, 5) is 24.9. The first-order valence-corrected chi connectivity index (χ1v) is 8.83. The molecule has 2 N–H and O–H groups in total. The van der Waals surface area contributed by atoms with E-state index in [1.54, 1.807) is 18.0 Å². The van der Waals surface area contributed by atoms with Crippen molar-refractivity contribution in [2.24, 2.45) is 0 Å².